The fraction of sp³-hybridized carbons (Fsp3) is 0.583. The van der Waals surface area contributed by atoms with E-state index >= 15 is 0 Å². The van der Waals surface area contributed by atoms with Crippen LogP contribution >= 0.6 is 0 Å². The van der Waals surface area contributed by atoms with Gasteiger partial charge < -0.3 is 10.2 Å². The quantitative estimate of drug-likeness (QED) is 0.769. The van der Waals surface area contributed by atoms with Crippen molar-refractivity contribution in [3.05, 3.63) is 35.4 Å². The van der Waals surface area contributed by atoms with Gasteiger partial charge in [-0.25, -0.2) is 0 Å². The van der Waals surface area contributed by atoms with Crippen molar-refractivity contribution < 1.29 is 9.59 Å². The van der Waals surface area contributed by atoms with Gasteiger partial charge in [-0.15, -0.1) is 12.3 Å². The summed E-state index contributed by atoms with van der Waals surface area (Å²) in [5.74, 6) is 3.05. The van der Waals surface area contributed by atoms with Gasteiger partial charge in [0.1, 0.15) is 0 Å². The fourth-order valence-corrected chi connectivity index (χ4v) is 3.83. The predicted octanol–water partition coefficient (Wildman–Crippen LogP) is 3.47. The van der Waals surface area contributed by atoms with Crippen molar-refractivity contribution in [1.82, 2.24) is 10.2 Å². The molecule has 4 heteroatoms. The van der Waals surface area contributed by atoms with Crippen molar-refractivity contribution in [3.8, 4) is 12.3 Å². The SMILES string of the molecule is C#CCC1(C(=O)N2CC(CNC(=O)[C@H](C)c3ccc(C(C)(C)C)cc3)C2)CC1. The molecule has 1 N–H and O–H groups in total. The Hall–Kier alpha value is -2.28. The number of likely N-dealkylation sites (tertiary alicyclic amines) is 1. The fourth-order valence-electron chi connectivity index (χ4n) is 3.83. The Kier molecular flexibility index (Phi) is 5.57. The van der Waals surface area contributed by atoms with Gasteiger partial charge in [-0.2, -0.15) is 0 Å². The molecule has 1 aliphatic heterocycles. The molecule has 2 amide bonds. The molecule has 1 heterocycles. The number of hydrogen-bond donors (Lipinski definition) is 1. The Bertz CT molecular complexity index is 772. The number of carbonyl (C=O) groups is 2. The number of amides is 2. The van der Waals surface area contributed by atoms with E-state index in [1.807, 2.05) is 11.8 Å². The van der Waals surface area contributed by atoms with Crippen molar-refractivity contribution in [2.45, 2.75) is 58.3 Å². The van der Waals surface area contributed by atoms with Crippen molar-refractivity contribution in [3.63, 3.8) is 0 Å². The molecule has 150 valence electrons. The van der Waals surface area contributed by atoms with Gasteiger partial charge in [-0.3, -0.25) is 9.59 Å². The summed E-state index contributed by atoms with van der Waals surface area (Å²) in [6.45, 7) is 10.6. The van der Waals surface area contributed by atoms with E-state index in [-0.39, 0.29) is 28.6 Å². The van der Waals surface area contributed by atoms with E-state index in [0.29, 0.717) is 18.9 Å². The average Bonchev–Trinajstić information content (AvgIpc) is 3.40. The van der Waals surface area contributed by atoms with E-state index in [9.17, 15) is 9.59 Å². The molecule has 0 aromatic heterocycles. The van der Waals surface area contributed by atoms with E-state index in [2.05, 4.69) is 56.3 Å². The van der Waals surface area contributed by atoms with Gasteiger partial charge in [0.05, 0.1) is 11.3 Å². The third kappa shape index (κ3) is 4.24. The molecular formula is C24H32N2O2. The van der Waals surface area contributed by atoms with Crippen LogP contribution < -0.4 is 5.32 Å². The first kappa shape index (κ1) is 20.5. The second-order valence-electron chi connectivity index (χ2n) is 9.58. The highest BCUT2D eigenvalue weighted by atomic mass is 16.2. The highest BCUT2D eigenvalue weighted by molar-refractivity contribution is 5.86. The van der Waals surface area contributed by atoms with Crippen LogP contribution in [-0.4, -0.2) is 36.3 Å². The lowest BCUT2D eigenvalue weighted by molar-refractivity contribution is -0.143. The molecule has 28 heavy (non-hydrogen) atoms. The van der Waals surface area contributed by atoms with E-state index in [1.54, 1.807) is 0 Å². The number of terminal acetylenes is 1. The molecule has 1 aromatic rings. The first-order valence-electron chi connectivity index (χ1n) is 10.3. The summed E-state index contributed by atoms with van der Waals surface area (Å²) in [6.07, 6.45) is 7.78. The normalized spacial score (nSPS) is 19.3. The summed E-state index contributed by atoms with van der Waals surface area (Å²) < 4.78 is 0. The molecule has 0 spiro atoms. The number of nitrogens with zero attached hydrogens (tertiary/aromatic N) is 1. The van der Waals surface area contributed by atoms with Crippen LogP contribution in [0, 0.1) is 23.7 Å². The number of benzene rings is 1. The second-order valence-corrected chi connectivity index (χ2v) is 9.58. The second kappa shape index (κ2) is 7.62. The Morgan fingerprint density at radius 2 is 1.86 bits per heavy atom. The number of carbonyl (C=O) groups excluding carboxylic acids is 2. The van der Waals surface area contributed by atoms with E-state index in [4.69, 9.17) is 6.42 Å². The molecule has 3 rings (SSSR count). The maximum atomic E-state index is 12.5. The Morgan fingerprint density at radius 3 is 2.36 bits per heavy atom. The van der Waals surface area contributed by atoms with Crippen LogP contribution in [0.5, 0.6) is 0 Å². The predicted molar refractivity (Wildman–Crippen MR) is 112 cm³/mol. The maximum absolute atomic E-state index is 12.5. The van der Waals surface area contributed by atoms with Gasteiger partial charge in [0.25, 0.3) is 0 Å². The lowest BCUT2D eigenvalue weighted by atomic mass is 9.85. The van der Waals surface area contributed by atoms with E-state index < -0.39 is 0 Å². The highest BCUT2D eigenvalue weighted by Gasteiger charge is 2.52. The molecule has 1 aromatic carbocycles. The lowest BCUT2D eigenvalue weighted by Crippen LogP contribution is -2.55. The minimum atomic E-state index is -0.267. The molecule has 0 unspecified atom stereocenters. The van der Waals surface area contributed by atoms with Gasteiger partial charge in [0.2, 0.25) is 11.8 Å². The monoisotopic (exact) mass is 380 g/mol. The van der Waals surface area contributed by atoms with Crippen LogP contribution in [0.4, 0.5) is 0 Å². The highest BCUT2D eigenvalue weighted by Crippen LogP contribution is 2.50. The summed E-state index contributed by atoms with van der Waals surface area (Å²) in [5.41, 5.74) is 2.13. The van der Waals surface area contributed by atoms with Crippen molar-refractivity contribution in [2.24, 2.45) is 11.3 Å². The largest absolute Gasteiger partial charge is 0.355 e. The standard InChI is InChI=1S/C24H32N2O2/c1-6-11-24(12-13-24)22(28)26-15-18(16-26)14-25-21(27)17(2)19-7-9-20(10-8-19)23(3,4)5/h1,7-10,17-18H,11-16H2,2-5H3,(H,25,27)/t17-/m1/s1. The molecule has 1 atom stereocenters. The summed E-state index contributed by atoms with van der Waals surface area (Å²) in [6, 6.07) is 8.32. The molecule has 1 saturated carbocycles. The van der Waals surface area contributed by atoms with Crippen LogP contribution in [0.15, 0.2) is 24.3 Å². The average molecular weight is 381 g/mol. The van der Waals surface area contributed by atoms with E-state index in [1.165, 1.54) is 5.56 Å². The smallest absolute Gasteiger partial charge is 0.229 e. The molecule has 0 radical (unpaired) electrons. The molecule has 2 aliphatic rings. The minimum Gasteiger partial charge on any atom is -0.355 e. The summed E-state index contributed by atoms with van der Waals surface area (Å²) in [7, 11) is 0. The minimum absolute atomic E-state index is 0.0410. The zero-order valence-corrected chi connectivity index (χ0v) is 17.5. The lowest BCUT2D eigenvalue weighted by Gasteiger charge is -2.41. The molecule has 1 saturated heterocycles. The zero-order chi connectivity index (χ0) is 20.5. The van der Waals surface area contributed by atoms with Crippen LogP contribution in [0.2, 0.25) is 0 Å². The molecule has 0 bridgehead atoms. The van der Waals surface area contributed by atoms with E-state index in [0.717, 1.165) is 31.5 Å². The number of rotatable bonds is 6. The first-order valence-corrected chi connectivity index (χ1v) is 10.3. The van der Waals surface area contributed by atoms with Crippen molar-refractivity contribution >= 4 is 11.8 Å². The number of nitrogens with one attached hydrogen (secondary N) is 1. The van der Waals surface area contributed by atoms with Gasteiger partial charge in [-0.1, -0.05) is 45.0 Å². The van der Waals surface area contributed by atoms with Crippen molar-refractivity contribution in [1.29, 1.82) is 0 Å². The van der Waals surface area contributed by atoms with Gasteiger partial charge in [-0.05, 0) is 36.3 Å². The Balaban J connectivity index is 1.44. The topological polar surface area (TPSA) is 49.4 Å². The van der Waals surface area contributed by atoms with Gasteiger partial charge >= 0.3 is 0 Å². The maximum Gasteiger partial charge on any atom is 0.229 e. The first-order chi connectivity index (χ1) is 13.2. The Labute approximate surface area is 169 Å². The molecular weight excluding hydrogens is 348 g/mol. The van der Waals surface area contributed by atoms with Crippen molar-refractivity contribution in [2.75, 3.05) is 19.6 Å². The number of hydrogen-bond acceptors (Lipinski definition) is 2. The zero-order valence-electron chi connectivity index (χ0n) is 17.5. The van der Waals surface area contributed by atoms with Crippen LogP contribution in [0.25, 0.3) is 0 Å². The molecule has 1 aliphatic carbocycles. The Morgan fingerprint density at radius 1 is 1.25 bits per heavy atom. The molecule has 4 nitrogen and oxygen atoms in total. The molecule has 2 fully saturated rings. The summed E-state index contributed by atoms with van der Waals surface area (Å²) in [5, 5.41) is 3.06. The van der Waals surface area contributed by atoms with Crippen LogP contribution in [0.3, 0.4) is 0 Å². The van der Waals surface area contributed by atoms with Crippen LogP contribution in [-0.2, 0) is 15.0 Å². The third-order valence-electron chi connectivity index (χ3n) is 6.23. The summed E-state index contributed by atoms with van der Waals surface area (Å²) >= 11 is 0. The van der Waals surface area contributed by atoms with Gasteiger partial charge in [0.15, 0.2) is 0 Å². The van der Waals surface area contributed by atoms with Gasteiger partial charge in [0, 0.05) is 32.0 Å². The van der Waals surface area contributed by atoms with Crippen LogP contribution in [0.1, 0.15) is 64.0 Å². The third-order valence-corrected chi connectivity index (χ3v) is 6.23. The summed E-state index contributed by atoms with van der Waals surface area (Å²) in [4.78, 5) is 26.9.